The molecule has 0 bridgehead atoms. The van der Waals surface area contributed by atoms with Crippen LogP contribution in [0.2, 0.25) is 15.1 Å². The molecule has 12 aromatic heterocycles. The third kappa shape index (κ3) is 23.2. The first-order valence-electron chi connectivity index (χ1n) is 47.5. The van der Waals surface area contributed by atoms with Crippen LogP contribution in [0.5, 0.6) is 23.0 Å². The highest BCUT2D eigenvalue weighted by Gasteiger charge is 2.34. The zero-order valence-electron chi connectivity index (χ0n) is 79.7. The number of benzene rings is 4. The Kier molecular flexibility index (Phi) is 31.8. The van der Waals surface area contributed by atoms with Gasteiger partial charge in [0.25, 0.3) is 0 Å². The van der Waals surface area contributed by atoms with Crippen LogP contribution in [0.3, 0.4) is 0 Å². The van der Waals surface area contributed by atoms with E-state index in [1.807, 2.05) is 27.8 Å². The van der Waals surface area contributed by atoms with E-state index in [0.29, 0.717) is 106 Å². The van der Waals surface area contributed by atoms with E-state index in [2.05, 4.69) is 39.9 Å². The fourth-order valence-corrected chi connectivity index (χ4v) is 24.9. The van der Waals surface area contributed by atoms with Gasteiger partial charge in [0.15, 0.2) is 32.6 Å². The molecule has 21 rings (SSSR count). The summed E-state index contributed by atoms with van der Waals surface area (Å²) in [7, 11) is -5.68. The van der Waals surface area contributed by atoms with Crippen molar-refractivity contribution in [1.29, 1.82) is 0 Å². The number of likely N-dealkylation sites (tertiary alicyclic amines) is 4. The van der Waals surface area contributed by atoms with E-state index in [1.54, 1.807) is 89.5 Å². The first kappa shape index (κ1) is 105. The third-order valence-corrected chi connectivity index (χ3v) is 34.2. The van der Waals surface area contributed by atoms with Gasteiger partial charge < -0.3 is 63.2 Å². The highest BCUT2D eigenvalue weighted by Crippen LogP contribution is 2.39. The molecule has 4 aromatic carbocycles. The highest BCUT2D eigenvalue weighted by atomic mass is 35.5. The molecule has 0 unspecified atom stereocenters. The van der Waals surface area contributed by atoms with Gasteiger partial charge in [0.2, 0.25) is 79.8 Å². The fourth-order valence-electron chi connectivity index (χ4n) is 18.1. The summed E-state index contributed by atoms with van der Waals surface area (Å²) in [6.07, 6.45) is 33.3. The number of likely N-dealkylation sites (N-methyl/N-ethyl adjacent to an activating group) is 1. The number of thiazole rings is 4. The van der Waals surface area contributed by atoms with Crippen LogP contribution in [-0.4, -0.2) is 257 Å². The fraction of sp³-hybridized carbons (Fsp3) is 0.347. The summed E-state index contributed by atoms with van der Waals surface area (Å²) >= 11 is 22.8. The Bertz CT molecular complexity index is 8070. The lowest BCUT2D eigenvalue weighted by atomic mass is 10.1. The predicted octanol–water partition coefficient (Wildman–Crippen LogP) is 12.4. The Morgan fingerprint density at radius 2 is 0.655 bits per heavy atom. The summed E-state index contributed by atoms with van der Waals surface area (Å²) in [6, 6.07) is 17.2. The van der Waals surface area contributed by atoms with E-state index < -0.39 is 82.5 Å². The maximum absolute atomic E-state index is 14.3. The molecule has 5 saturated heterocycles. The Morgan fingerprint density at radius 1 is 0.358 bits per heavy atom. The number of hydrogen-bond acceptors (Lipinski definition) is 29. The normalized spacial score (nSPS) is 15.1. The van der Waals surface area contributed by atoms with E-state index in [9.17, 15) is 88.8 Å². The van der Waals surface area contributed by atoms with Crippen molar-refractivity contribution >= 4 is 147 Å². The largest absolute Gasteiger partial charge is 0.501 e. The van der Waals surface area contributed by atoms with Crippen molar-refractivity contribution in [3.63, 3.8) is 0 Å². The number of amides is 4. The van der Waals surface area contributed by atoms with Crippen LogP contribution in [0.15, 0.2) is 176 Å². The molecule has 38 nitrogen and oxygen atoms in total. The number of fused-ring (bicyclic) bond motifs is 4. The smallest absolute Gasteiger partial charge is 0.302 e. The quantitative estimate of drug-likeness (QED) is 0.0462. The number of carbonyl (C=O) groups is 4. The number of imidazole rings is 4. The number of piperidine rings is 4. The number of nitrogens with zero attached hydrogens (tertiary/aromatic N) is 22. The summed E-state index contributed by atoms with van der Waals surface area (Å²) in [5, 5.41) is 44.7. The van der Waals surface area contributed by atoms with Crippen LogP contribution in [0.25, 0.3) is 65.9 Å². The van der Waals surface area contributed by atoms with E-state index >= 15 is 0 Å². The minimum Gasteiger partial charge on any atom is -0.501 e. The maximum atomic E-state index is 14.3. The molecule has 774 valence electrons. The summed E-state index contributed by atoms with van der Waals surface area (Å²) < 4.78 is 105. The summed E-state index contributed by atoms with van der Waals surface area (Å²) in [4.78, 5) is 150. The van der Waals surface area contributed by atoms with E-state index in [1.165, 1.54) is 112 Å². The Morgan fingerprint density at radius 3 is 0.966 bits per heavy atom. The molecular weight excluding hydrogens is 2100 g/mol. The summed E-state index contributed by atoms with van der Waals surface area (Å²) in [5.41, 5.74) is 0.0390. The van der Waals surface area contributed by atoms with Crippen LogP contribution in [0.4, 0.5) is 13.2 Å². The molecule has 5 fully saturated rings. The molecule has 148 heavy (non-hydrogen) atoms. The predicted molar refractivity (Wildman–Crippen MR) is 552 cm³/mol. The van der Waals surface area contributed by atoms with Gasteiger partial charge in [-0.2, -0.15) is 4.31 Å². The topological polar surface area (TPSA) is 446 Å². The van der Waals surface area contributed by atoms with Crippen molar-refractivity contribution in [3.05, 3.63) is 263 Å². The first-order chi connectivity index (χ1) is 71.0. The third-order valence-electron chi connectivity index (χ3n) is 26.0. The Labute approximate surface area is 873 Å². The van der Waals surface area contributed by atoms with Gasteiger partial charge in [-0.15, -0.1) is 45.3 Å². The van der Waals surface area contributed by atoms with Gasteiger partial charge in [-0.1, -0.05) is 59.1 Å². The van der Waals surface area contributed by atoms with Crippen molar-refractivity contribution in [3.8, 4) is 65.8 Å². The van der Waals surface area contributed by atoms with Gasteiger partial charge in [-0.05, 0) is 155 Å². The van der Waals surface area contributed by atoms with Crippen molar-refractivity contribution in [2.24, 2.45) is 0 Å². The van der Waals surface area contributed by atoms with Crippen LogP contribution < -0.4 is 22.2 Å². The molecule has 0 aliphatic carbocycles. The molecule has 0 spiro atoms. The number of carbonyl (C=O) groups excluding carboxylic acids is 4. The van der Waals surface area contributed by atoms with Gasteiger partial charge in [-0.25, -0.2) is 87.5 Å². The van der Waals surface area contributed by atoms with Crippen LogP contribution in [-0.2, 0) is 90.9 Å². The number of sulfonamides is 1. The van der Waals surface area contributed by atoms with Crippen LogP contribution in [0, 0.1) is 17.5 Å². The Balaban J connectivity index is 0.000000130. The number of sulfone groups is 1. The molecular formula is C98H98Cl3F3N22O16S6. The zero-order chi connectivity index (χ0) is 104. The molecule has 0 saturated carbocycles. The Hall–Kier alpha value is -13.4. The monoisotopic (exact) mass is 2190 g/mol. The average Bonchev–Trinajstić information content (AvgIpc) is 1.58. The maximum Gasteiger partial charge on any atom is 0.302 e. The molecule has 16 aromatic rings. The summed E-state index contributed by atoms with van der Waals surface area (Å²) in [6.45, 7) is 7.71. The second-order valence-corrected chi connectivity index (χ2v) is 45.9. The molecule has 0 atom stereocenters. The molecule has 0 radical (unpaired) electrons. The van der Waals surface area contributed by atoms with Crippen molar-refractivity contribution < 1.29 is 69.6 Å². The van der Waals surface area contributed by atoms with Crippen LogP contribution >= 0.6 is 80.1 Å². The van der Waals surface area contributed by atoms with Gasteiger partial charge in [0.1, 0.15) is 63.7 Å². The number of aromatic nitrogens is 16. The van der Waals surface area contributed by atoms with Crippen molar-refractivity contribution in [2.45, 2.75) is 139 Å². The second kappa shape index (κ2) is 45.0. The average molecular weight is 2200 g/mol. The zero-order valence-corrected chi connectivity index (χ0v) is 86.9. The van der Waals surface area contributed by atoms with Gasteiger partial charge in [0.05, 0.1) is 24.9 Å². The SMILES string of the molecule is CN1CCN(S(=O)(=O)c2cc(F)ccc2Cc2cnc(-c3nc4n(CC(=O)N5CCCCC5)ccn4c(=O)c3O)s2)CC1.CS(=O)(=O)c1cc(F)ccc1Cc1cnc(-c2nc3n(CC(=O)N4CCCCC4)ccn3c(=O)c2O)s1.O=C(Cn1ccn2c(=O)c(O)c(-c3ncc(Cc4ccc(Cl)c(Cl)c4)s3)nc12)N1CCCCC1.O=C(Cn1ccn2c(=O)c(O)c(-c3ncc(Cc4ccc(F)c(Cl)c4)s3)nc12)N1CCCCC1. The van der Waals surface area contributed by atoms with Gasteiger partial charge >= 0.3 is 22.2 Å². The molecule has 5 aliphatic heterocycles. The lowest BCUT2D eigenvalue weighted by Gasteiger charge is -2.32. The number of hydrogen-bond donors (Lipinski definition) is 4. The number of piperazine rings is 1. The number of halogens is 6. The minimum atomic E-state index is -3.94. The minimum absolute atomic E-state index is 0.00535. The van der Waals surface area contributed by atoms with Crippen LogP contribution in [0.1, 0.15) is 119 Å². The van der Waals surface area contributed by atoms with Crippen molar-refractivity contribution in [1.82, 2.24) is 105 Å². The molecule has 50 heteroatoms. The van der Waals surface area contributed by atoms with E-state index in [0.717, 1.165) is 165 Å². The highest BCUT2D eigenvalue weighted by molar-refractivity contribution is 7.90. The molecule has 5 aliphatic rings. The molecule has 4 amide bonds. The van der Waals surface area contributed by atoms with E-state index in [4.69, 9.17) is 34.8 Å². The van der Waals surface area contributed by atoms with Crippen molar-refractivity contribution in [2.75, 3.05) is 91.8 Å². The summed E-state index contributed by atoms with van der Waals surface area (Å²) in [5.74, 6) is -3.21. The molecule has 17 heterocycles. The second-order valence-electron chi connectivity index (χ2n) is 36.3. The number of aromatic hydroxyl groups is 4. The lowest BCUT2D eigenvalue weighted by molar-refractivity contribution is -0.133. The lowest BCUT2D eigenvalue weighted by Crippen LogP contribution is -2.47. The van der Waals surface area contributed by atoms with Gasteiger partial charge in [-0.3, -0.25) is 38.4 Å². The van der Waals surface area contributed by atoms with E-state index in [-0.39, 0.29) is 133 Å². The molecule has 4 N–H and O–H groups in total. The number of rotatable bonds is 23. The first-order valence-corrected chi connectivity index (χ1v) is 55.2. The van der Waals surface area contributed by atoms with Gasteiger partial charge in [0, 0.05) is 204 Å². The standard InChI is InChI=1S/C28H32FN7O5S2.C24H24FN5O5S2.C23H21Cl2N5O3S.C23H21ClFN5O3S/c1-32-9-12-35(13-10-32)43(40,41)22-16-20(29)6-5-19(22)15-21-17-30-26(42-21)24-25(38)27(39)36-14-11-34(28(36)31-24)18-23(37)33-7-3-2-4-8-33;1-37(34,35)18-12-16(25)6-5-15(18)11-17-13-26-22(36-17)20-21(32)23(33)30-10-9-29(24(30)27-20)14-19(31)28-7-3-2-4-8-28;24-16-5-4-14(11-17(16)25)10-15-12-26-21(34-15)19-20(32)22(33)30-9-8-29(23(30)27-19)13-18(31)28-6-2-1-3-7-28;24-16-11-14(4-5-17(16)25)10-15-12-26-21(34-15)19-20(32)22(33)30-9-8-29(23(30)27-19)13-18(31)28-6-2-1-3-7-28/h5-6,11,14,16-17,38H,2-4,7-10,12-13,15,18H2,1H3;5-6,9-10,12-13,32H,2-4,7-8,11,14H2,1H3;2*4-5,8-9,11-12,32H,1-3,6-7,10,13H2.